The van der Waals surface area contributed by atoms with E-state index in [1.54, 1.807) is 0 Å². The molecule has 0 heterocycles. The molecular weight excluding hydrogens is 266 g/mol. The molecule has 2 saturated carbocycles. The zero-order chi connectivity index (χ0) is 15.5. The van der Waals surface area contributed by atoms with Crippen molar-refractivity contribution in [3.05, 3.63) is 0 Å². The van der Waals surface area contributed by atoms with E-state index >= 15 is 0 Å². The van der Waals surface area contributed by atoms with Crippen LogP contribution in [0.1, 0.15) is 72.1 Å². The van der Waals surface area contributed by atoms with Crippen LogP contribution in [0.3, 0.4) is 0 Å². The molecule has 2 rings (SSSR count). The SMILES string of the molecule is CC(C)(C)OC(=O)N(C1CCCCC1)C(CC=O)C1CC1. The lowest BCUT2D eigenvalue weighted by molar-refractivity contribution is -0.109. The summed E-state index contributed by atoms with van der Waals surface area (Å²) in [6, 6.07) is 0.291. The van der Waals surface area contributed by atoms with Crippen LogP contribution in [0.2, 0.25) is 0 Å². The maximum atomic E-state index is 12.7. The number of carbonyl (C=O) groups is 2. The molecule has 4 heteroatoms. The Bertz CT molecular complexity index is 365. The predicted molar refractivity (Wildman–Crippen MR) is 82.1 cm³/mol. The average molecular weight is 295 g/mol. The number of rotatable bonds is 5. The Labute approximate surface area is 128 Å². The number of hydrogen-bond donors (Lipinski definition) is 0. The standard InChI is InChI=1S/C17H29NO3/c1-17(2,3)21-16(20)18(14-7-5-4-6-8-14)15(11-12-19)13-9-10-13/h12-15H,4-11H2,1-3H3. The molecule has 0 N–H and O–H groups in total. The summed E-state index contributed by atoms with van der Waals surface area (Å²) >= 11 is 0. The summed E-state index contributed by atoms with van der Waals surface area (Å²) in [5, 5.41) is 0. The number of nitrogens with zero attached hydrogens (tertiary/aromatic N) is 1. The number of amides is 1. The maximum Gasteiger partial charge on any atom is 0.410 e. The van der Waals surface area contributed by atoms with Gasteiger partial charge in [0.25, 0.3) is 0 Å². The summed E-state index contributed by atoms with van der Waals surface area (Å²) in [4.78, 5) is 25.7. The Morgan fingerprint density at radius 3 is 2.29 bits per heavy atom. The van der Waals surface area contributed by atoms with Gasteiger partial charge in [0.05, 0.1) is 0 Å². The van der Waals surface area contributed by atoms with E-state index in [0.717, 1.165) is 32.0 Å². The summed E-state index contributed by atoms with van der Waals surface area (Å²) < 4.78 is 5.63. The molecule has 0 aromatic carbocycles. The van der Waals surface area contributed by atoms with Crippen LogP contribution in [-0.4, -0.2) is 35.0 Å². The second kappa shape index (κ2) is 6.80. The molecule has 21 heavy (non-hydrogen) atoms. The fraction of sp³-hybridized carbons (Fsp3) is 0.882. The van der Waals surface area contributed by atoms with Gasteiger partial charge in [-0.2, -0.15) is 0 Å². The minimum absolute atomic E-state index is 0.0421. The van der Waals surface area contributed by atoms with E-state index in [9.17, 15) is 9.59 Å². The van der Waals surface area contributed by atoms with Crippen molar-refractivity contribution in [2.75, 3.05) is 0 Å². The van der Waals surface area contributed by atoms with Crippen molar-refractivity contribution in [3.8, 4) is 0 Å². The highest BCUT2D eigenvalue weighted by Crippen LogP contribution is 2.39. The fourth-order valence-corrected chi connectivity index (χ4v) is 3.34. The van der Waals surface area contributed by atoms with Crippen LogP contribution in [0.4, 0.5) is 4.79 Å². The van der Waals surface area contributed by atoms with Crippen molar-refractivity contribution < 1.29 is 14.3 Å². The molecule has 0 spiro atoms. The molecule has 2 aliphatic rings. The van der Waals surface area contributed by atoms with Gasteiger partial charge < -0.3 is 14.4 Å². The molecule has 0 saturated heterocycles. The van der Waals surface area contributed by atoms with Crippen molar-refractivity contribution in [1.82, 2.24) is 4.90 Å². The van der Waals surface area contributed by atoms with Crippen LogP contribution in [0, 0.1) is 5.92 Å². The van der Waals surface area contributed by atoms with E-state index in [4.69, 9.17) is 4.74 Å². The lowest BCUT2D eigenvalue weighted by Gasteiger charge is -2.40. The van der Waals surface area contributed by atoms with Crippen molar-refractivity contribution in [3.63, 3.8) is 0 Å². The number of hydrogen-bond acceptors (Lipinski definition) is 3. The normalized spacial score (nSPS) is 21.7. The predicted octanol–water partition coefficient (Wildman–Crippen LogP) is 3.92. The molecule has 0 aromatic heterocycles. The van der Waals surface area contributed by atoms with Gasteiger partial charge in [0.2, 0.25) is 0 Å². The second-order valence-electron chi connectivity index (χ2n) is 7.49. The Kier molecular flexibility index (Phi) is 5.28. The van der Waals surface area contributed by atoms with Crippen LogP contribution in [0.25, 0.3) is 0 Å². The summed E-state index contributed by atoms with van der Waals surface area (Å²) in [6.07, 6.45) is 9.11. The van der Waals surface area contributed by atoms with Gasteiger partial charge in [0, 0.05) is 18.5 Å². The van der Waals surface area contributed by atoms with Crippen LogP contribution in [0.15, 0.2) is 0 Å². The molecule has 1 amide bonds. The van der Waals surface area contributed by atoms with Gasteiger partial charge in [-0.05, 0) is 52.4 Å². The van der Waals surface area contributed by atoms with Gasteiger partial charge >= 0.3 is 6.09 Å². The third-order valence-electron chi connectivity index (χ3n) is 4.43. The fourth-order valence-electron chi connectivity index (χ4n) is 3.34. The van der Waals surface area contributed by atoms with Crippen molar-refractivity contribution >= 4 is 12.4 Å². The lowest BCUT2D eigenvalue weighted by atomic mass is 9.92. The summed E-state index contributed by atoms with van der Waals surface area (Å²) in [6.45, 7) is 5.70. The smallest absolute Gasteiger partial charge is 0.410 e. The lowest BCUT2D eigenvalue weighted by Crippen LogP contribution is -2.51. The van der Waals surface area contributed by atoms with Gasteiger partial charge in [-0.1, -0.05) is 19.3 Å². The first-order valence-corrected chi connectivity index (χ1v) is 8.37. The summed E-state index contributed by atoms with van der Waals surface area (Å²) in [5.74, 6) is 0.490. The van der Waals surface area contributed by atoms with E-state index in [1.807, 2.05) is 25.7 Å². The van der Waals surface area contributed by atoms with Gasteiger partial charge in [0.1, 0.15) is 11.9 Å². The van der Waals surface area contributed by atoms with E-state index in [-0.39, 0.29) is 18.2 Å². The zero-order valence-electron chi connectivity index (χ0n) is 13.6. The van der Waals surface area contributed by atoms with Crippen LogP contribution in [0.5, 0.6) is 0 Å². The van der Waals surface area contributed by atoms with Gasteiger partial charge in [-0.3, -0.25) is 0 Å². The second-order valence-corrected chi connectivity index (χ2v) is 7.49. The molecule has 120 valence electrons. The van der Waals surface area contributed by atoms with E-state index < -0.39 is 5.60 Å². The Hall–Kier alpha value is -1.06. The van der Waals surface area contributed by atoms with E-state index in [1.165, 1.54) is 19.3 Å². The van der Waals surface area contributed by atoms with E-state index in [2.05, 4.69) is 0 Å². The third-order valence-corrected chi connectivity index (χ3v) is 4.43. The van der Waals surface area contributed by atoms with E-state index in [0.29, 0.717) is 12.3 Å². The first-order valence-electron chi connectivity index (χ1n) is 8.37. The highest BCUT2D eigenvalue weighted by atomic mass is 16.6. The highest BCUT2D eigenvalue weighted by molar-refractivity contribution is 5.70. The molecule has 1 atom stereocenters. The molecule has 0 bridgehead atoms. The summed E-state index contributed by atoms with van der Waals surface area (Å²) in [5.41, 5.74) is -0.487. The third kappa shape index (κ3) is 4.72. The Morgan fingerprint density at radius 1 is 1.19 bits per heavy atom. The molecular formula is C17H29NO3. The monoisotopic (exact) mass is 295 g/mol. The minimum Gasteiger partial charge on any atom is -0.444 e. The van der Waals surface area contributed by atoms with Crippen molar-refractivity contribution in [2.24, 2.45) is 5.92 Å². The molecule has 1 unspecified atom stereocenters. The first kappa shape index (κ1) is 16.3. The number of carbonyl (C=O) groups excluding carboxylic acids is 2. The molecule has 2 aliphatic carbocycles. The largest absolute Gasteiger partial charge is 0.444 e. The topological polar surface area (TPSA) is 46.6 Å². The Balaban J connectivity index is 2.15. The first-order chi connectivity index (χ1) is 9.92. The number of ether oxygens (including phenoxy) is 1. The molecule has 2 fully saturated rings. The summed E-state index contributed by atoms with van der Waals surface area (Å²) in [7, 11) is 0. The van der Waals surface area contributed by atoms with Gasteiger partial charge in [-0.15, -0.1) is 0 Å². The van der Waals surface area contributed by atoms with Crippen molar-refractivity contribution in [2.45, 2.75) is 89.8 Å². The van der Waals surface area contributed by atoms with Crippen LogP contribution in [-0.2, 0) is 9.53 Å². The van der Waals surface area contributed by atoms with Gasteiger partial charge in [0.15, 0.2) is 0 Å². The number of aldehydes is 1. The quantitative estimate of drug-likeness (QED) is 0.722. The molecule has 0 aromatic rings. The van der Waals surface area contributed by atoms with Crippen LogP contribution >= 0.6 is 0 Å². The molecule has 0 radical (unpaired) electrons. The average Bonchev–Trinajstić information content (AvgIpc) is 3.21. The van der Waals surface area contributed by atoms with Crippen molar-refractivity contribution in [1.29, 1.82) is 0 Å². The van der Waals surface area contributed by atoms with Gasteiger partial charge in [-0.25, -0.2) is 4.79 Å². The zero-order valence-corrected chi connectivity index (χ0v) is 13.6. The minimum atomic E-state index is -0.487. The van der Waals surface area contributed by atoms with Crippen LogP contribution < -0.4 is 0 Å². The molecule has 4 nitrogen and oxygen atoms in total. The Morgan fingerprint density at radius 2 is 1.81 bits per heavy atom. The molecule has 0 aliphatic heterocycles. The highest BCUT2D eigenvalue weighted by Gasteiger charge is 2.42. The maximum absolute atomic E-state index is 12.7.